The highest BCUT2D eigenvalue weighted by Crippen LogP contribution is 2.21. The van der Waals surface area contributed by atoms with Gasteiger partial charge in [0.15, 0.2) is 0 Å². The molecule has 0 aliphatic carbocycles. The molecule has 0 atom stereocenters. The Bertz CT molecular complexity index is 699. The molecule has 0 aliphatic rings. The minimum atomic E-state index is -0.267. The Morgan fingerprint density at radius 2 is 1.92 bits per heavy atom. The fraction of sp³-hybridized carbons (Fsp3) is 0.389. The van der Waals surface area contributed by atoms with E-state index >= 15 is 0 Å². The second-order valence-electron chi connectivity index (χ2n) is 5.64. The van der Waals surface area contributed by atoms with E-state index in [-0.39, 0.29) is 5.91 Å². The van der Waals surface area contributed by atoms with Gasteiger partial charge in [0, 0.05) is 30.0 Å². The second-order valence-corrected chi connectivity index (χ2v) is 6.08. The van der Waals surface area contributed by atoms with Crippen molar-refractivity contribution in [2.75, 3.05) is 23.3 Å². The maximum Gasteiger partial charge on any atom is 0.274 e. The molecule has 6 heteroatoms. The van der Waals surface area contributed by atoms with Crippen LogP contribution in [0.2, 0.25) is 5.02 Å². The van der Waals surface area contributed by atoms with Crippen molar-refractivity contribution in [2.24, 2.45) is 0 Å². The summed E-state index contributed by atoms with van der Waals surface area (Å²) in [5.74, 6) is 0.325. The summed E-state index contributed by atoms with van der Waals surface area (Å²) in [4.78, 5) is 23.3. The lowest BCUT2D eigenvalue weighted by Crippen LogP contribution is -2.28. The van der Waals surface area contributed by atoms with E-state index in [4.69, 9.17) is 11.6 Å². The average Bonchev–Trinajstić information content (AvgIpc) is 2.58. The zero-order valence-electron chi connectivity index (χ0n) is 14.3. The van der Waals surface area contributed by atoms with Crippen molar-refractivity contribution in [3.05, 3.63) is 46.7 Å². The summed E-state index contributed by atoms with van der Waals surface area (Å²) >= 11 is 6.00. The molecule has 0 saturated heterocycles. The molecule has 0 bridgehead atoms. The van der Waals surface area contributed by atoms with Crippen molar-refractivity contribution < 1.29 is 4.79 Å². The quantitative estimate of drug-likeness (QED) is 0.811. The number of halogens is 1. The van der Waals surface area contributed by atoms with Gasteiger partial charge >= 0.3 is 0 Å². The average molecular weight is 347 g/mol. The zero-order valence-corrected chi connectivity index (χ0v) is 15.1. The van der Waals surface area contributed by atoms with Gasteiger partial charge < -0.3 is 10.2 Å². The number of carbonyl (C=O) groups excluding carboxylic acids is 1. The standard InChI is InChI=1S/C18H23ClN4O/c1-4-10-23(11-5-2)18-20-9-8-15(22-18)17(24)21-16-12-14(19)7-6-13(16)3/h6-9,12H,4-5,10-11H2,1-3H3,(H,21,24). The third kappa shape index (κ3) is 4.68. The van der Waals surface area contributed by atoms with Gasteiger partial charge in [-0.2, -0.15) is 0 Å². The fourth-order valence-corrected chi connectivity index (χ4v) is 2.57. The molecular weight excluding hydrogens is 324 g/mol. The van der Waals surface area contributed by atoms with Crippen LogP contribution >= 0.6 is 11.6 Å². The lowest BCUT2D eigenvalue weighted by molar-refractivity contribution is 0.102. The normalized spacial score (nSPS) is 10.5. The predicted octanol–water partition coefficient (Wildman–Crippen LogP) is 4.32. The molecule has 0 radical (unpaired) electrons. The van der Waals surface area contributed by atoms with Crippen molar-refractivity contribution in [3.63, 3.8) is 0 Å². The molecule has 1 amide bonds. The van der Waals surface area contributed by atoms with Crippen LogP contribution in [-0.2, 0) is 0 Å². The molecule has 5 nitrogen and oxygen atoms in total. The van der Waals surface area contributed by atoms with E-state index in [1.165, 1.54) is 0 Å². The number of amides is 1. The molecule has 0 aliphatic heterocycles. The van der Waals surface area contributed by atoms with Crippen LogP contribution in [0, 0.1) is 6.92 Å². The molecule has 0 spiro atoms. The Hall–Kier alpha value is -2.14. The third-order valence-corrected chi connectivity index (χ3v) is 3.83. The topological polar surface area (TPSA) is 58.1 Å². The summed E-state index contributed by atoms with van der Waals surface area (Å²) in [6, 6.07) is 7.02. The molecule has 1 N–H and O–H groups in total. The molecule has 2 rings (SSSR count). The van der Waals surface area contributed by atoms with Gasteiger partial charge in [-0.1, -0.05) is 31.5 Å². The SMILES string of the molecule is CCCN(CCC)c1nccc(C(=O)Nc2cc(Cl)ccc2C)n1. The number of nitrogens with one attached hydrogen (secondary N) is 1. The molecule has 24 heavy (non-hydrogen) atoms. The first-order valence-corrected chi connectivity index (χ1v) is 8.58. The summed E-state index contributed by atoms with van der Waals surface area (Å²) in [5.41, 5.74) is 1.98. The smallest absolute Gasteiger partial charge is 0.274 e. The van der Waals surface area contributed by atoms with Gasteiger partial charge in [-0.25, -0.2) is 9.97 Å². The van der Waals surface area contributed by atoms with Crippen molar-refractivity contribution >= 4 is 29.1 Å². The van der Waals surface area contributed by atoms with E-state index in [1.807, 2.05) is 13.0 Å². The number of hydrogen-bond donors (Lipinski definition) is 1. The molecule has 0 saturated carbocycles. The van der Waals surface area contributed by atoms with Gasteiger partial charge in [-0.05, 0) is 43.5 Å². The zero-order chi connectivity index (χ0) is 17.5. The van der Waals surface area contributed by atoms with Crippen LogP contribution in [0.5, 0.6) is 0 Å². The van der Waals surface area contributed by atoms with Crippen molar-refractivity contribution in [1.29, 1.82) is 0 Å². The number of rotatable bonds is 7. The third-order valence-electron chi connectivity index (χ3n) is 3.59. The summed E-state index contributed by atoms with van der Waals surface area (Å²) in [6.45, 7) is 7.88. The van der Waals surface area contributed by atoms with E-state index in [0.717, 1.165) is 31.5 Å². The van der Waals surface area contributed by atoms with E-state index in [2.05, 4.69) is 34.0 Å². The fourth-order valence-electron chi connectivity index (χ4n) is 2.39. The number of benzene rings is 1. The highest BCUT2D eigenvalue weighted by Gasteiger charge is 2.14. The highest BCUT2D eigenvalue weighted by atomic mass is 35.5. The Morgan fingerprint density at radius 1 is 1.21 bits per heavy atom. The van der Waals surface area contributed by atoms with Crippen LogP contribution in [0.3, 0.4) is 0 Å². The maximum absolute atomic E-state index is 12.5. The maximum atomic E-state index is 12.5. The van der Waals surface area contributed by atoms with Gasteiger partial charge in [0.05, 0.1) is 0 Å². The lowest BCUT2D eigenvalue weighted by Gasteiger charge is -2.21. The molecule has 1 aromatic carbocycles. The van der Waals surface area contributed by atoms with E-state index in [0.29, 0.717) is 22.4 Å². The highest BCUT2D eigenvalue weighted by molar-refractivity contribution is 6.31. The van der Waals surface area contributed by atoms with Gasteiger partial charge in [-0.3, -0.25) is 4.79 Å². The summed E-state index contributed by atoms with van der Waals surface area (Å²) < 4.78 is 0. The predicted molar refractivity (Wildman–Crippen MR) is 99.0 cm³/mol. The van der Waals surface area contributed by atoms with Gasteiger partial charge in [0.2, 0.25) is 5.95 Å². The number of nitrogens with zero attached hydrogens (tertiary/aromatic N) is 3. The summed E-state index contributed by atoms with van der Waals surface area (Å²) in [6.07, 6.45) is 3.63. The Labute approximate surface area is 148 Å². The largest absolute Gasteiger partial charge is 0.341 e. The molecule has 2 aromatic rings. The Morgan fingerprint density at radius 3 is 2.58 bits per heavy atom. The van der Waals surface area contributed by atoms with Gasteiger partial charge in [0.25, 0.3) is 5.91 Å². The van der Waals surface area contributed by atoms with Crippen molar-refractivity contribution in [3.8, 4) is 0 Å². The molecular formula is C18H23ClN4O. The van der Waals surface area contributed by atoms with E-state index < -0.39 is 0 Å². The Kier molecular flexibility index (Phi) is 6.55. The summed E-state index contributed by atoms with van der Waals surface area (Å²) in [5, 5.41) is 3.45. The van der Waals surface area contributed by atoms with Gasteiger partial charge in [-0.15, -0.1) is 0 Å². The Balaban J connectivity index is 2.20. The molecule has 0 fully saturated rings. The van der Waals surface area contributed by atoms with Crippen LogP contribution in [-0.4, -0.2) is 29.0 Å². The number of aromatic nitrogens is 2. The lowest BCUT2D eigenvalue weighted by atomic mass is 10.2. The van der Waals surface area contributed by atoms with Crippen molar-refractivity contribution in [2.45, 2.75) is 33.6 Å². The van der Waals surface area contributed by atoms with E-state index in [9.17, 15) is 4.79 Å². The first-order chi connectivity index (χ1) is 11.5. The molecule has 128 valence electrons. The van der Waals surface area contributed by atoms with Crippen molar-refractivity contribution in [1.82, 2.24) is 9.97 Å². The summed E-state index contributed by atoms with van der Waals surface area (Å²) in [7, 11) is 0. The minimum Gasteiger partial charge on any atom is -0.341 e. The molecule has 1 heterocycles. The number of aryl methyl sites for hydroxylation is 1. The van der Waals surface area contributed by atoms with Crippen LogP contribution in [0.25, 0.3) is 0 Å². The number of hydrogen-bond acceptors (Lipinski definition) is 4. The first kappa shape index (κ1) is 18.2. The van der Waals surface area contributed by atoms with Gasteiger partial charge in [0.1, 0.15) is 5.69 Å². The van der Waals surface area contributed by atoms with Crippen LogP contribution < -0.4 is 10.2 Å². The minimum absolute atomic E-state index is 0.267. The number of anilines is 2. The van der Waals surface area contributed by atoms with Crippen LogP contribution in [0.1, 0.15) is 42.7 Å². The van der Waals surface area contributed by atoms with Crippen LogP contribution in [0.4, 0.5) is 11.6 Å². The van der Waals surface area contributed by atoms with Crippen LogP contribution in [0.15, 0.2) is 30.5 Å². The number of carbonyl (C=O) groups is 1. The first-order valence-electron chi connectivity index (χ1n) is 8.20. The van der Waals surface area contributed by atoms with E-state index in [1.54, 1.807) is 24.4 Å². The molecule has 1 aromatic heterocycles. The monoisotopic (exact) mass is 346 g/mol. The molecule has 0 unspecified atom stereocenters. The second kappa shape index (κ2) is 8.64.